The lowest BCUT2D eigenvalue weighted by molar-refractivity contribution is -0.131. The molecule has 2 fully saturated rings. The normalized spacial score (nSPS) is 22.8. The van der Waals surface area contributed by atoms with Crippen LogP contribution in [0, 0.1) is 32.6 Å². The molecule has 1 aromatic carbocycles. The summed E-state index contributed by atoms with van der Waals surface area (Å²) in [6, 6.07) is 4.23. The molecule has 0 spiro atoms. The van der Waals surface area contributed by atoms with Gasteiger partial charge in [-0.3, -0.25) is 4.79 Å². The van der Waals surface area contributed by atoms with Crippen LogP contribution in [0.25, 0.3) is 0 Å². The lowest BCUT2D eigenvalue weighted by Crippen LogP contribution is -2.33. The molecule has 3 rings (SSSR count). The molecule has 2 aliphatic rings. The molecule has 1 aromatic rings. The third-order valence-electron chi connectivity index (χ3n) is 5.71. The van der Waals surface area contributed by atoms with Gasteiger partial charge in [-0.05, 0) is 81.3 Å². The number of carbonyl (C=O) groups excluding carboxylic acids is 1. The van der Waals surface area contributed by atoms with Crippen LogP contribution < -0.4 is 10.1 Å². The van der Waals surface area contributed by atoms with E-state index in [1.807, 2.05) is 0 Å². The SMILES string of the molecule is Cc1cc(C)c(C)c(OCCC(=O)N2CC[C@@H]3CNC[C@@H]3CC2)c1.Cl. The van der Waals surface area contributed by atoms with Gasteiger partial charge in [-0.15, -0.1) is 12.4 Å². The van der Waals surface area contributed by atoms with Crippen molar-refractivity contribution in [1.29, 1.82) is 0 Å². The van der Waals surface area contributed by atoms with Gasteiger partial charge in [0.15, 0.2) is 0 Å². The summed E-state index contributed by atoms with van der Waals surface area (Å²) in [6.07, 6.45) is 2.75. The van der Waals surface area contributed by atoms with Crippen LogP contribution >= 0.6 is 12.4 Å². The Morgan fingerprint density at radius 3 is 2.44 bits per heavy atom. The monoisotopic (exact) mass is 366 g/mol. The molecule has 2 saturated heterocycles. The predicted octanol–water partition coefficient (Wildman–Crippen LogP) is 3.26. The highest BCUT2D eigenvalue weighted by Gasteiger charge is 2.31. The number of fused-ring (bicyclic) bond motifs is 1. The number of carbonyl (C=O) groups is 1. The number of benzene rings is 1. The van der Waals surface area contributed by atoms with Crippen LogP contribution in [-0.2, 0) is 4.79 Å². The summed E-state index contributed by atoms with van der Waals surface area (Å²) >= 11 is 0. The molecule has 0 unspecified atom stereocenters. The smallest absolute Gasteiger partial charge is 0.225 e. The van der Waals surface area contributed by atoms with E-state index in [1.165, 1.54) is 16.7 Å². The lowest BCUT2D eigenvalue weighted by Gasteiger charge is -2.21. The maximum atomic E-state index is 12.5. The van der Waals surface area contributed by atoms with Gasteiger partial charge in [0.05, 0.1) is 13.0 Å². The van der Waals surface area contributed by atoms with Crippen molar-refractivity contribution >= 4 is 18.3 Å². The summed E-state index contributed by atoms with van der Waals surface area (Å²) in [5.41, 5.74) is 3.61. The number of hydrogen-bond acceptors (Lipinski definition) is 3. The fourth-order valence-electron chi connectivity index (χ4n) is 4.02. The van der Waals surface area contributed by atoms with Gasteiger partial charge in [-0.1, -0.05) is 6.07 Å². The van der Waals surface area contributed by atoms with Gasteiger partial charge in [0.25, 0.3) is 0 Å². The van der Waals surface area contributed by atoms with E-state index in [-0.39, 0.29) is 18.3 Å². The molecule has 0 saturated carbocycles. The largest absolute Gasteiger partial charge is 0.493 e. The number of halogens is 1. The highest BCUT2D eigenvalue weighted by Crippen LogP contribution is 2.27. The summed E-state index contributed by atoms with van der Waals surface area (Å²) in [7, 11) is 0. The molecule has 0 radical (unpaired) electrons. The average molecular weight is 367 g/mol. The number of hydrogen-bond donors (Lipinski definition) is 1. The van der Waals surface area contributed by atoms with Gasteiger partial charge in [-0.25, -0.2) is 0 Å². The van der Waals surface area contributed by atoms with Crippen molar-refractivity contribution in [3.63, 3.8) is 0 Å². The van der Waals surface area contributed by atoms with Crippen LogP contribution in [0.2, 0.25) is 0 Å². The van der Waals surface area contributed by atoms with Gasteiger partial charge in [0.1, 0.15) is 5.75 Å². The van der Waals surface area contributed by atoms with Crippen molar-refractivity contribution in [3.05, 3.63) is 28.8 Å². The van der Waals surface area contributed by atoms with E-state index in [2.05, 4.69) is 43.1 Å². The van der Waals surface area contributed by atoms with Gasteiger partial charge in [0.2, 0.25) is 5.91 Å². The summed E-state index contributed by atoms with van der Waals surface area (Å²) in [5.74, 6) is 2.68. The lowest BCUT2D eigenvalue weighted by atomic mass is 9.92. The third kappa shape index (κ3) is 4.89. The molecule has 1 N–H and O–H groups in total. The number of aryl methyl sites for hydroxylation is 2. The average Bonchev–Trinajstić information content (AvgIpc) is 2.90. The van der Waals surface area contributed by atoms with Crippen LogP contribution in [-0.4, -0.2) is 43.6 Å². The molecule has 25 heavy (non-hydrogen) atoms. The number of likely N-dealkylation sites (tertiary alicyclic amines) is 1. The van der Waals surface area contributed by atoms with Crippen molar-refractivity contribution < 1.29 is 9.53 Å². The summed E-state index contributed by atoms with van der Waals surface area (Å²) < 4.78 is 5.91. The second-order valence-corrected chi connectivity index (χ2v) is 7.44. The molecule has 5 heteroatoms. The van der Waals surface area contributed by atoms with Crippen LogP contribution in [0.1, 0.15) is 36.0 Å². The molecule has 1 amide bonds. The first-order valence-electron chi connectivity index (χ1n) is 9.23. The van der Waals surface area contributed by atoms with Crippen molar-refractivity contribution in [1.82, 2.24) is 10.2 Å². The highest BCUT2D eigenvalue weighted by atomic mass is 35.5. The second kappa shape index (κ2) is 8.91. The molecule has 2 aliphatic heterocycles. The number of nitrogens with one attached hydrogen (secondary N) is 1. The van der Waals surface area contributed by atoms with Crippen molar-refractivity contribution in [2.45, 2.75) is 40.0 Å². The van der Waals surface area contributed by atoms with Crippen LogP contribution in [0.3, 0.4) is 0 Å². The number of amides is 1. The highest BCUT2D eigenvalue weighted by molar-refractivity contribution is 5.85. The Kier molecular flexibility index (Phi) is 7.14. The minimum absolute atomic E-state index is 0. The van der Waals surface area contributed by atoms with Gasteiger partial charge in [0, 0.05) is 13.1 Å². The zero-order chi connectivity index (χ0) is 17.1. The maximum Gasteiger partial charge on any atom is 0.225 e. The second-order valence-electron chi connectivity index (χ2n) is 7.44. The molecule has 0 bridgehead atoms. The van der Waals surface area contributed by atoms with Crippen molar-refractivity contribution in [2.75, 3.05) is 32.8 Å². The van der Waals surface area contributed by atoms with E-state index in [4.69, 9.17) is 4.74 Å². The van der Waals surface area contributed by atoms with E-state index >= 15 is 0 Å². The van der Waals surface area contributed by atoms with Crippen molar-refractivity contribution in [3.8, 4) is 5.75 Å². The van der Waals surface area contributed by atoms with E-state index in [9.17, 15) is 4.79 Å². The summed E-state index contributed by atoms with van der Waals surface area (Å²) in [4.78, 5) is 14.6. The number of nitrogens with zero attached hydrogens (tertiary/aromatic N) is 1. The molecular weight excluding hydrogens is 336 g/mol. The molecule has 4 nitrogen and oxygen atoms in total. The molecule has 2 heterocycles. The molecular formula is C20H31ClN2O2. The fraction of sp³-hybridized carbons (Fsp3) is 0.650. The summed E-state index contributed by atoms with van der Waals surface area (Å²) in [5, 5.41) is 3.48. The third-order valence-corrected chi connectivity index (χ3v) is 5.71. The summed E-state index contributed by atoms with van der Waals surface area (Å²) in [6.45, 7) is 10.8. The molecule has 2 atom stereocenters. The first kappa shape index (κ1) is 20.1. The predicted molar refractivity (Wildman–Crippen MR) is 104 cm³/mol. The van der Waals surface area contributed by atoms with Gasteiger partial charge >= 0.3 is 0 Å². The topological polar surface area (TPSA) is 41.6 Å². The Hall–Kier alpha value is -1.26. The maximum absolute atomic E-state index is 12.5. The quantitative estimate of drug-likeness (QED) is 0.889. The number of rotatable bonds is 4. The van der Waals surface area contributed by atoms with Crippen LogP contribution in [0.5, 0.6) is 5.75 Å². The van der Waals surface area contributed by atoms with Gasteiger partial charge < -0.3 is 15.0 Å². The first-order valence-corrected chi connectivity index (χ1v) is 9.23. The van der Waals surface area contributed by atoms with E-state index in [0.29, 0.717) is 13.0 Å². The zero-order valence-electron chi connectivity index (χ0n) is 15.6. The Balaban J connectivity index is 0.00000225. The minimum Gasteiger partial charge on any atom is -0.493 e. The Labute approximate surface area is 157 Å². The molecule has 0 aliphatic carbocycles. The Bertz CT molecular complexity index is 592. The number of ether oxygens (including phenoxy) is 1. The van der Waals surface area contributed by atoms with E-state index in [1.54, 1.807) is 0 Å². The zero-order valence-corrected chi connectivity index (χ0v) is 16.5. The Morgan fingerprint density at radius 2 is 1.80 bits per heavy atom. The fourth-order valence-corrected chi connectivity index (χ4v) is 4.02. The standard InChI is InChI=1S/C20H30N2O2.ClH/c1-14-10-15(2)16(3)19(11-14)24-9-6-20(23)22-7-4-17-12-21-13-18(17)5-8-22;/h10-11,17-18,21H,4-9,12-13H2,1-3H3;1H/t17-,18+;. The van der Waals surface area contributed by atoms with E-state index < -0.39 is 0 Å². The molecule has 140 valence electrons. The molecule has 0 aromatic heterocycles. The Morgan fingerprint density at radius 1 is 1.16 bits per heavy atom. The van der Waals surface area contributed by atoms with Crippen LogP contribution in [0.4, 0.5) is 0 Å². The first-order chi connectivity index (χ1) is 11.5. The van der Waals surface area contributed by atoms with Crippen LogP contribution in [0.15, 0.2) is 12.1 Å². The van der Waals surface area contributed by atoms with E-state index in [0.717, 1.165) is 56.6 Å². The van der Waals surface area contributed by atoms with Crippen molar-refractivity contribution in [2.24, 2.45) is 11.8 Å². The minimum atomic E-state index is 0. The van der Waals surface area contributed by atoms with Gasteiger partial charge in [-0.2, -0.15) is 0 Å².